The number of aromatic nitrogens is 3. The van der Waals surface area contributed by atoms with E-state index in [4.69, 9.17) is 16.9 Å². The van der Waals surface area contributed by atoms with Gasteiger partial charge in [-0.25, -0.2) is 0 Å². The van der Waals surface area contributed by atoms with Crippen LogP contribution in [0.5, 0.6) is 0 Å². The molecule has 0 radical (unpaired) electrons. The lowest BCUT2D eigenvalue weighted by molar-refractivity contribution is 0.479. The van der Waals surface area contributed by atoms with Crippen molar-refractivity contribution in [3.8, 4) is 6.07 Å². The number of fused-ring (bicyclic) bond motifs is 1. The van der Waals surface area contributed by atoms with Crippen LogP contribution in [0.15, 0.2) is 6.20 Å². The smallest absolute Gasteiger partial charge is 0.226 e. The highest BCUT2D eigenvalue weighted by Crippen LogP contribution is 2.26. The first kappa shape index (κ1) is 14.9. The average Bonchev–Trinajstić information content (AvgIpc) is 2.82. The number of nitriles is 1. The number of nitrogens with one attached hydrogen (secondary N) is 3. The number of piperidine rings is 1. The molecule has 1 saturated heterocycles. The van der Waals surface area contributed by atoms with Gasteiger partial charge in [-0.15, -0.1) is 12.4 Å². The van der Waals surface area contributed by atoms with Crippen LogP contribution in [0.2, 0.25) is 5.28 Å². The van der Waals surface area contributed by atoms with Gasteiger partial charge in [0.15, 0.2) is 0 Å². The summed E-state index contributed by atoms with van der Waals surface area (Å²) in [5.41, 5.74) is 1.11. The topological polar surface area (TPSA) is 89.4 Å². The van der Waals surface area contributed by atoms with Crippen molar-refractivity contribution in [1.29, 1.82) is 5.26 Å². The summed E-state index contributed by atoms with van der Waals surface area (Å²) in [5.74, 6) is 0.626. The zero-order chi connectivity index (χ0) is 13.2. The first-order valence-electron chi connectivity index (χ1n) is 6.20. The second-order valence-electron chi connectivity index (χ2n) is 4.57. The number of halogens is 2. The molecule has 20 heavy (non-hydrogen) atoms. The van der Waals surface area contributed by atoms with Gasteiger partial charge in [0.05, 0.1) is 10.9 Å². The minimum absolute atomic E-state index is 0. The second kappa shape index (κ2) is 6.27. The Balaban J connectivity index is 0.00000147. The van der Waals surface area contributed by atoms with Crippen molar-refractivity contribution in [2.45, 2.75) is 18.9 Å². The minimum atomic E-state index is 0. The first-order chi connectivity index (χ1) is 9.28. The Kier molecular flexibility index (Phi) is 4.65. The van der Waals surface area contributed by atoms with Gasteiger partial charge in [-0.2, -0.15) is 15.2 Å². The molecule has 1 fully saturated rings. The molecule has 0 spiro atoms. The van der Waals surface area contributed by atoms with Crippen molar-refractivity contribution in [2.24, 2.45) is 0 Å². The maximum absolute atomic E-state index is 9.13. The van der Waals surface area contributed by atoms with E-state index in [9.17, 15) is 0 Å². The molecule has 0 aliphatic carbocycles. The molecule has 8 heteroatoms. The van der Waals surface area contributed by atoms with Gasteiger partial charge in [-0.1, -0.05) is 0 Å². The van der Waals surface area contributed by atoms with Crippen molar-refractivity contribution in [2.75, 3.05) is 18.4 Å². The molecule has 0 amide bonds. The molecule has 0 aromatic carbocycles. The Morgan fingerprint density at radius 1 is 1.45 bits per heavy atom. The summed E-state index contributed by atoms with van der Waals surface area (Å²) in [6.45, 7) is 1.93. The number of rotatable bonds is 2. The Morgan fingerprint density at radius 2 is 2.30 bits per heavy atom. The van der Waals surface area contributed by atoms with Gasteiger partial charge in [0.2, 0.25) is 5.28 Å². The number of aromatic amines is 1. The summed E-state index contributed by atoms with van der Waals surface area (Å²) in [6, 6.07) is 2.43. The quantitative estimate of drug-likeness (QED) is 0.739. The lowest BCUT2D eigenvalue weighted by Crippen LogP contribution is -2.38. The fourth-order valence-corrected chi connectivity index (χ4v) is 2.54. The number of anilines is 1. The molecule has 3 N–H and O–H groups in total. The molecule has 0 saturated carbocycles. The predicted molar refractivity (Wildman–Crippen MR) is 80.4 cm³/mol. The van der Waals surface area contributed by atoms with Gasteiger partial charge in [0.25, 0.3) is 0 Å². The maximum Gasteiger partial charge on any atom is 0.226 e. The van der Waals surface area contributed by atoms with E-state index in [1.807, 2.05) is 0 Å². The van der Waals surface area contributed by atoms with E-state index in [0.29, 0.717) is 28.5 Å². The molecule has 1 unspecified atom stereocenters. The highest BCUT2D eigenvalue weighted by molar-refractivity contribution is 6.28. The average molecular weight is 313 g/mol. The number of H-pyrrole nitrogens is 1. The molecule has 0 bridgehead atoms. The van der Waals surface area contributed by atoms with E-state index in [2.05, 4.69) is 31.7 Å². The number of nitrogens with zero attached hydrogens (tertiary/aromatic N) is 3. The van der Waals surface area contributed by atoms with Crippen LogP contribution in [0.1, 0.15) is 18.4 Å². The predicted octanol–water partition coefficient (Wildman–Crippen LogP) is 2.07. The van der Waals surface area contributed by atoms with Crippen LogP contribution in [0.25, 0.3) is 11.0 Å². The molecule has 106 valence electrons. The van der Waals surface area contributed by atoms with E-state index in [-0.39, 0.29) is 17.7 Å². The molecule has 1 atom stereocenters. The van der Waals surface area contributed by atoms with Crippen LogP contribution in [0.4, 0.5) is 5.82 Å². The van der Waals surface area contributed by atoms with Crippen molar-refractivity contribution < 1.29 is 0 Å². The SMILES string of the molecule is Cl.N#Cc1c[nH]c2nc(Cl)nc(NC3CCCNC3)c12. The molecule has 2 aromatic heterocycles. The summed E-state index contributed by atoms with van der Waals surface area (Å²) in [5, 5.41) is 16.7. The Hall–Kier alpha value is -1.55. The van der Waals surface area contributed by atoms with Crippen molar-refractivity contribution in [1.82, 2.24) is 20.3 Å². The van der Waals surface area contributed by atoms with Crippen LogP contribution in [0, 0.1) is 11.3 Å². The standard InChI is InChI=1S/C12H13ClN6.ClH/c13-12-18-10-9(7(4-14)5-16-10)11(19-12)17-8-2-1-3-15-6-8;/h5,8,15H,1-3,6H2,(H2,16,17,18,19);1H. The van der Waals surface area contributed by atoms with E-state index in [1.165, 1.54) is 0 Å². The van der Waals surface area contributed by atoms with Crippen molar-refractivity contribution >= 4 is 40.9 Å². The zero-order valence-electron chi connectivity index (χ0n) is 10.6. The van der Waals surface area contributed by atoms with Gasteiger partial charge in [0.1, 0.15) is 17.5 Å². The lowest BCUT2D eigenvalue weighted by Gasteiger charge is -2.24. The number of hydrogen-bond donors (Lipinski definition) is 3. The van der Waals surface area contributed by atoms with Crippen molar-refractivity contribution in [3.63, 3.8) is 0 Å². The van der Waals surface area contributed by atoms with E-state index in [1.54, 1.807) is 6.20 Å². The first-order valence-corrected chi connectivity index (χ1v) is 6.57. The zero-order valence-corrected chi connectivity index (χ0v) is 12.2. The van der Waals surface area contributed by atoms with Gasteiger partial charge < -0.3 is 15.6 Å². The number of hydrogen-bond acceptors (Lipinski definition) is 5. The van der Waals surface area contributed by atoms with Crippen LogP contribution < -0.4 is 10.6 Å². The third-order valence-electron chi connectivity index (χ3n) is 3.26. The third kappa shape index (κ3) is 2.80. The lowest BCUT2D eigenvalue weighted by atomic mass is 10.1. The fourth-order valence-electron chi connectivity index (χ4n) is 2.37. The molecule has 3 rings (SSSR count). The molecule has 6 nitrogen and oxygen atoms in total. The van der Waals surface area contributed by atoms with Gasteiger partial charge >= 0.3 is 0 Å². The maximum atomic E-state index is 9.13. The normalized spacial score (nSPS) is 18.3. The summed E-state index contributed by atoms with van der Waals surface area (Å²) in [4.78, 5) is 11.3. The molecule has 1 aliphatic rings. The van der Waals surface area contributed by atoms with E-state index >= 15 is 0 Å². The Labute approximate surface area is 127 Å². The van der Waals surface area contributed by atoms with E-state index < -0.39 is 0 Å². The van der Waals surface area contributed by atoms with Crippen LogP contribution in [-0.2, 0) is 0 Å². The largest absolute Gasteiger partial charge is 0.365 e. The molecular formula is C12H14Cl2N6. The third-order valence-corrected chi connectivity index (χ3v) is 3.43. The molecule has 2 aromatic rings. The van der Waals surface area contributed by atoms with Crippen LogP contribution in [-0.4, -0.2) is 34.1 Å². The van der Waals surface area contributed by atoms with Crippen LogP contribution >= 0.6 is 24.0 Å². The summed E-state index contributed by atoms with van der Waals surface area (Å²) in [7, 11) is 0. The van der Waals surface area contributed by atoms with Crippen molar-refractivity contribution in [3.05, 3.63) is 17.0 Å². The van der Waals surface area contributed by atoms with Crippen LogP contribution in [0.3, 0.4) is 0 Å². The summed E-state index contributed by atoms with van der Waals surface area (Å²) in [6.07, 6.45) is 3.82. The molecule has 3 heterocycles. The van der Waals surface area contributed by atoms with Gasteiger partial charge in [0, 0.05) is 18.8 Å². The molecule has 1 aliphatic heterocycles. The highest BCUT2D eigenvalue weighted by Gasteiger charge is 2.18. The van der Waals surface area contributed by atoms with E-state index in [0.717, 1.165) is 25.9 Å². The Bertz CT molecular complexity index is 641. The summed E-state index contributed by atoms with van der Waals surface area (Å²) < 4.78 is 0. The molecular weight excluding hydrogens is 299 g/mol. The summed E-state index contributed by atoms with van der Waals surface area (Å²) >= 11 is 5.91. The fraction of sp³-hybridized carbons (Fsp3) is 0.417. The second-order valence-corrected chi connectivity index (χ2v) is 4.90. The minimum Gasteiger partial charge on any atom is -0.365 e. The van der Waals surface area contributed by atoms with Gasteiger partial charge in [-0.05, 0) is 31.0 Å². The van der Waals surface area contributed by atoms with Gasteiger partial charge in [-0.3, -0.25) is 0 Å². The Morgan fingerprint density at radius 3 is 3.00 bits per heavy atom. The monoisotopic (exact) mass is 312 g/mol. The highest BCUT2D eigenvalue weighted by atomic mass is 35.5.